The lowest BCUT2D eigenvalue weighted by Crippen LogP contribution is -2.57. The van der Waals surface area contributed by atoms with Gasteiger partial charge in [-0.15, -0.1) is 0 Å². The van der Waals surface area contributed by atoms with Crippen LogP contribution in [0, 0.1) is 5.92 Å². The fraction of sp³-hybridized carbons (Fsp3) is 0.591. The third kappa shape index (κ3) is 7.43. The lowest BCUT2D eigenvalue weighted by Gasteiger charge is -2.32. The Morgan fingerprint density at radius 1 is 1.06 bits per heavy atom. The van der Waals surface area contributed by atoms with Gasteiger partial charge in [0.2, 0.25) is 0 Å². The molecule has 1 fully saturated rings. The van der Waals surface area contributed by atoms with Crippen LogP contribution in [0.4, 0.5) is 9.59 Å². The molecule has 2 atom stereocenters. The summed E-state index contributed by atoms with van der Waals surface area (Å²) in [6.07, 6.45) is -1.71. The van der Waals surface area contributed by atoms with E-state index in [-0.39, 0.29) is 19.1 Å². The van der Waals surface area contributed by atoms with Gasteiger partial charge in [-0.3, -0.25) is 9.63 Å². The maximum Gasteiger partial charge on any atom is 0.430 e. The lowest BCUT2D eigenvalue weighted by atomic mass is 10.1. The van der Waals surface area contributed by atoms with E-state index >= 15 is 0 Å². The average molecular weight is 436 g/mol. The fourth-order valence-corrected chi connectivity index (χ4v) is 2.99. The topological polar surface area (TPSA) is 97.4 Å². The number of carbonyl (C=O) groups is 3. The monoisotopic (exact) mass is 435 g/mol. The minimum absolute atomic E-state index is 0.206. The minimum atomic E-state index is -1.00. The second kappa shape index (κ2) is 9.55. The highest BCUT2D eigenvalue weighted by Crippen LogP contribution is 2.25. The first-order valence-electron chi connectivity index (χ1n) is 10.3. The highest BCUT2D eigenvalue weighted by Gasteiger charge is 2.47. The van der Waals surface area contributed by atoms with E-state index in [9.17, 15) is 14.4 Å². The second-order valence-electron chi connectivity index (χ2n) is 9.54. The van der Waals surface area contributed by atoms with Crippen molar-refractivity contribution in [3.8, 4) is 0 Å². The van der Waals surface area contributed by atoms with E-state index in [1.807, 2.05) is 30.3 Å². The van der Waals surface area contributed by atoms with Gasteiger partial charge in [0.1, 0.15) is 23.9 Å². The van der Waals surface area contributed by atoms with Gasteiger partial charge < -0.3 is 9.47 Å². The highest BCUT2D eigenvalue weighted by molar-refractivity contribution is 5.88. The number of nitrogens with one attached hydrogen (secondary N) is 1. The van der Waals surface area contributed by atoms with Crippen molar-refractivity contribution in [2.75, 3.05) is 6.54 Å². The lowest BCUT2D eigenvalue weighted by molar-refractivity contribution is -0.185. The van der Waals surface area contributed by atoms with Crippen LogP contribution >= 0.6 is 0 Å². The van der Waals surface area contributed by atoms with Crippen LogP contribution in [-0.2, 0) is 25.7 Å². The number of benzene rings is 1. The molecule has 0 saturated carbocycles. The van der Waals surface area contributed by atoms with Crippen LogP contribution in [-0.4, -0.2) is 52.0 Å². The van der Waals surface area contributed by atoms with Crippen LogP contribution in [0.5, 0.6) is 0 Å². The predicted octanol–water partition coefficient (Wildman–Crippen LogP) is 3.64. The Balaban J connectivity index is 2.17. The summed E-state index contributed by atoms with van der Waals surface area (Å²) in [4.78, 5) is 44.0. The Bertz CT molecular complexity index is 785. The van der Waals surface area contributed by atoms with Crippen LogP contribution in [0.25, 0.3) is 0 Å². The molecule has 1 aromatic carbocycles. The Kier molecular flexibility index (Phi) is 7.54. The number of hydrazine groups is 1. The van der Waals surface area contributed by atoms with Crippen molar-refractivity contribution in [1.29, 1.82) is 0 Å². The molecular weight excluding hydrogens is 402 g/mol. The van der Waals surface area contributed by atoms with Crippen LogP contribution in [0.1, 0.15) is 54.0 Å². The Morgan fingerprint density at radius 3 is 2.19 bits per heavy atom. The molecule has 1 heterocycles. The zero-order valence-electron chi connectivity index (χ0n) is 19.3. The molecule has 0 aliphatic carbocycles. The van der Waals surface area contributed by atoms with E-state index in [2.05, 4.69) is 5.43 Å². The summed E-state index contributed by atoms with van der Waals surface area (Å²) < 4.78 is 10.7. The van der Waals surface area contributed by atoms with E-state index in [4.69, 9.17) is 14.3 Å². The molecule has 31 heavy (non-hydrogen) atoms. The molecule has 2 unspecified atom stereocenters. The standard InChI is InChI=1S/C22H33N3O6/c1-15-13-24(29-14-16-11-9-8-10-12-16)18(26)17(15)25(20(28)31-22(5,6)7)23-19(27)30-21(2,3)4/h8-12,15,17H,13-14H2,1-7H3,(H,23,27). The van der Waals surface area contributed by atoms with Crippen LogP contribution in [0.2, 0.25) is 0 Å². The molecule has 9 nitrogen and oxygen atoms in total. The van der Waals surface area contributed by atoms with Gasteiger partial charge in [0, 0.05) is 5.92 Å². The number of nitrogens with zero attached hydrogens (tertiary/aromatic N) is 2. The van der Waals surface area contributed by atoms with Crippen molar-refractivity contribution in [2.24, 2.45) is 5.92 Å². The van der Waals surface area contributed by atoms with Crippen molar-refractivity contribution < 1.29 is 28.7 Å². The first-order valence-corrected chi connectivity index (χ1v) is 10.3. The summed E-state index contributed by atoms with van der Waals surface area (Å²) in [6, 6.07) is 8.43. The van der Waals surface area contributed by atoms with Crippen molar-refractivity contribution in [1.82, 2.24) is 15.5 Å². The van der Waals surface area contributed by atoms with E-state index < -0.39 is 35.3 Å². The number of hydrogen-bond donors (Lipinski definition) is 1. The van der Waals surface area contributed by atoms with Crippen molar-refractivity contribution in [2.45, 2.75) is 72.3 Å². The third-order valence-electron chi connectivity index (χ3n) is 4.20. The maximum absolute atomic E-state index is 13.1. The quantitative estimate of drug-likeness (QED) is 0.725. The van der Waals surface area contributed by atoms with Crippen LogP contribution < -0.4 is 5.43 Å². The number of hydrogen-bond acceptors (Lipinski definition) is 6. The Labute approximate surface area is 183 Å². The highest BCUT2D eigenvalue weighted by atomic mass is 16.7. The fourth-order valence-electron chi connectivity index (χ4n) is 2.99. The molecule has 1 N–H and O–H groups in total. The SMILES string of the molecule is CC1CN(OCc2ccccc2)C(=O)C1N(NC(=O)OC(C)(C)C)C(=O)OC(C)(C)C. The van der Waals surface area contributed by atoms with E-state index in [1.54, 1.807) is 48.5 Å². The average Bonchev–Trinajstić information content (AvgIpc) is 2.89. The Hall–Kier alpha value is -2.81. The minimum Gasteiger partial charge on any atom is -0.443 e. The van der Waals surface area contributed by atoms with Crippen molar-refractivity contribution in [3.63, 3.8) is 0 Å². The predicted molar refractivity (Wildman–Crippen MR) is 113 cm³/mol. The molecule has 9 heteroatoms. The zero-order chi connectivity index (χ0) is 23.4. The molecular formula is C22H33N3O6. The van der Waals surface area contributed by atoms with Gasteiger partial charge in [-0.2, -0.15) is 0 Å². The summed E-state index contributed by atoms with van der Waals surface area (Å²) >= 11 is 0. The molecule has 1 aliphatic rings. The molecule has 2 rings (SSSR count). The van der Waals surface area contributed by atoms with Crippen molar-refractivity contribution in [3.05, 3.63) is 35.9 Å². The number of amides is 3. The summed E-state index contributed by atoms with van der Waals surface area (Å²) in [6.45, 7) is 12.5. The molecule has 1 saturated heterocycles. The van der Waals surface area contributed by atoms with Crippen LogP contribution in [0.3, 0.4) is 0 Å². The largest absolute Gasteiger partial charge is 0.443 e. The summed E-state index contributed by atoms with van der Waals surface area (Å²) in [5.41, 5.74) is 1.69. The molecule has 0 bridgehead atoms. The van der Waals surface area contributed by atoms with E-state index in [0.29, 0.717) is 0 Å². The van der Waals surface area contributed by atoms with Crippen LogP contribution in [0.15, 0.2) is 30.3 Å². The third-order valence-corrected chi connectivity index (χ3v) is 4.20. The van der Waals surface area contributed by atoms with Gasteiger partial charge in [0.15, 0.2) is 0 Å². The zero-order valence-corrected chi connectivity index (χ0v) is 19.3. The number of ether oxygens (including phenoxy) is 2. The molecule has 1 aliphatic heterocycles. The van der Waals surface area contributed by atoms with E-state index in [0.717, 1.165) is 10.6 Å². The Morgan fingerprint density at radius 2 is 1.65 bits per heavy atom. The van der Waals surface area contributed by atoms with Gasteiger partial charge in [-0.1, -0.05) is 37.3 Å². The number of rotatable bonds is 4. The molecule has 0 aromatic heterocycles. The van der Waals surface area contributed by atoms with Gasteiger partial charge in [0.25, 0.3) is 5.91 Å². The van der Waals surface area contributed by atoms with Crippen molar-refractivity contribution >= 4 is 18.1 Å². The normalized spacial score (nSPS) is 19.2. The first-order chi connectivity index (χ1) is 14.3. The first kappa shape index (κ1) is 24.5. The van der Waals surface area contributed by atoms with Gasteiger partial charge in [-0.25, -0.2) is 25.1 Å². The molecule has 172 valence electrons. The molecule has 0 spiro atoms. The van der Waals surface area contributed by atoms with Gasteiger partial charge >= 0.3 is 12.2 Å². The summed E-state index contributed by atoms with van der Waals surface area (Å²) in [5.74, 6) is -0.781. The van der Waals surface area contributed by atoms with Gasteiger partial charge in [-0.05, 0) is 47.1 Å². The molecule has 0 radical (unpaired) electrons. The second-order valence-corrected chi connectivity index (χ2v) is 9.54. The van der Waals surface area contributed by atoms with Gasteiger partial charge in [0.05, 0.1) is 6.54 Å². The number of carbonyl (C=O) groups excluding carboxylic acids is 3. The smallest absolute Gasteiger partial charge is 0.430 e. The van der Waals surface area contributed by atoms with E-state index in [1.165, 1.54) is 5.06 Å². The maximum atomic E-state index is 13.1. The summed E-state index contributed by atoms with van der Waals surface area (Å²) in [7, 11) is 0. The molecule has 3 amide bonds. The molecule has 1 aromatic rings. The number of hydroxylamine groups is 2. The summed E-state index contributed by atoms with van der Waals surface area (Å²) in [5, 5.41) is 2.12.